The van der Waals surface area contributed by atoms with Gasteiger partial charge in [0.25, 0.3) is 0 Å². The first-order valence-electron chi connectivity index (χ1n) is 12.1. The van der Waals surface area contributed by atoms with Crippen molar-refractivity contribution in [3.8, 4) is 0 Å². The highest BCUT2D eigenvalue weighted by atomic mass is 32.2. The third-order valence-corrected chi connectivity index (χ3v) is 7.18. The Morgan fingerprint density at radius 1 is 1.09 bits per heavy atom. The lowest BCUT2D eigenvalue weighted by Gasteiger charge is -2.33. The summed E-state index contributed by atoms with van der Waals surface area (Å²) in [7, 11) is 0. The van der Waals surface area contributed by atoms with Gasteiger partial charge in [-0.2, -0.15) is 3.89 Å². The maximum Gasteiger partial charge on any atom is 0.116 e. The Bertz CT molecular complexity index is 1100. The summed E-state index contributed by atoms with van der Waals surface area (Å²) >= 11 is 0.282. The van der Waals surface area contributed by atoms with E-state index >= 15 is 0 Å². The molecule has 0 bridgehead atoms. The number of anilines is 1. The minimum Gasteiger partial charge on any atom is -0.362 e. The average molecular weight is 492 g/mol. The molecule has 1 unspecified atom stereocenters. The smallest absolute Gasteiger partial charge is 0.116 e. The summed E-state index contributed by atoms with van der Waals surface area (Å²) in [5.41, 5.74) is 6.92. The largest absolute Gasteiger partial charge is 0.362 e. The van der Waals surface area contributed by atoms with E-state index in [2.05, 4.69) is 89.9 Å². The maximum absolute atomic E-state index is 12.2. The molecule has 0 amide bonds. The molecule has 0 radical (unpaired) electrons. The zero-order chi connectivity index (χ0) is 24.5. The second-order valence-electron chi connectivity index (χ2n) is 9.33. The molecule has 1 aliphatic rings. The number of rotatable bonds is 12. The Kier molecular flexibility index (Phi) is 8.96. The minimum absolute atomic E-state index is 0.0225. The van der Waals surface area contributed by atoms with E-state index in [1.54, 1.807) is 0 Å². The lowest BCUT2D eigenvalue weighted by atomic mass is 9.72. The second kappa shape index (κ2) is 12.3. The Hall–Kier alpha value is -2.67. The molecule has 0 saturated carbocycles. The number of halogens is 1. The lowest BCUT2D eigenvalue weighted by molar-refractivity contribution is 0.169. The minimum atomic E-state index is -0.0225. The zero-order valence-electron chi connectivity index (χ0n) is 20.3. The topological polar surface area (TPSA) is 48.4 Å². The third kappa shape index (κ3) is 6.51. The predicted octanol–water partition coefficient (Wildman–Crippen LogP) is 6.38. The van der Waals surface area contributed by atoms with Crippen molar-refractivity contribution in [2.75, 3.05) is 37.5 Å². The van der Waals surface area contributed by atoms with Gasteiger partial charge in [0.05, 0.1) is 6.61 Å². The van der Waals surface area contributed by atoms with E-state index in [1.807, 2.05) is 0 Å². The highest BCUT2D eigenvalue weighted by molar-refractivity contribution is 7.94. The van der Waals surface area contributed by atoms with Crippen molar-refractivity contribution in [2.24, 2.45) is 0 Å². The first-order chi connectivity index (χ1) is 17.1. The molecule has 3 aromatic carbocycles. The first kappa shape index (κ1) is 25.4. The third-order valence-electron chi connectivity index (χ3n) is 6.86. The molecule has 1 atom stereocenters. The average Bonchev–Trinajstić information content (AvgIpc) is 3.28. The fourth-order valence-electron chi connectivity index (χ4n) is 5.24. The molecule has 4 rings (SSSR count). The molecule has 6 heteroatoms. The Balaban J connectivity index is 1.61. The highest BCUT2D eigenvalue weighted by Crippen LogP contribution is 2.41. The summed E-state index contributed by atoms with van der Waals surface area (Å²) in [6, 6.07) is 25.7. The monoisotopic (exact) mass is 491 g/mol. The Labute approximate surface area is 212 Å². The van der Waals surface area contributed by atoms with E-state index in [4.69, 9.17) is 10.1 Å². The number of hydrogen-bond acceptors (Lipinski definition) is 5. The van der Waals surface area contributed by atoms with Gasteiger partial charge in [0, 0.05) is 53.9 Å². The van der Waals surface area contributed by atoms with Crippen molar-refractivity contribution in [2.45, 2.75) is 31.7 Å². The van der Waals surface area contributed by atoms with E-state index in [1.165, 1.54) is 28.5 Å². The van der Waals surface area contributed by atoms with Gasteiger partial charge >= 0.3 is 0 Å². The molecule has 1 saturated heterocycles. The molecule has 1 fully saturated rings. The van der Waals surface area contributed by atoms with E-state index < -0.39 is 0 Å². The van der Waals surface area contributed by atoms with Crippen LogP contribution in [0.25, 0.3) is 0 Å². The summed E-state index contributed by atoms with van der Waals surface area (Å²) in [5, 5.41) is 11.3. The maximum atomic E-state index is 12.2. The van der Waals surface area contributed by atoms with Gasteiger partial charge in [-0.05, 0) is 60.7 Å². The molecule has 1 aliphatic heterocycles. The number of hydrogen-bond donors (Lipinski definition) is 2. The summed E-state index contributed by atoms with van der Waals surface area (Å²) in [6.45, 7) is 5.78. The van der Waals surface area contributed by atoms with Crippen LogP contribution in [-0.2, 0) is 23.1 Å². The van der Waals surface area contributed by atoms with Gasteiger partial charge in [0.15, 0.2) is 0 Å². The lowest BCUT2D eigenvalue weighted by Crippen LogP contribution is -2.34. The molecule has 2 N–H and O–H groups in total. The van der Waals surface area contributed by atoms with Crippen LogP contribution in [0.1, 0.15) is 34.2 Å². The molecule has 0 aliphatic carbocycles. The van der Waals surface area contributed by atoms with Gasteiger partial charge in [0.1, 0.15) is 6.73 Å². The molecule has 35 heavy (non-hydrogen) atoms. The van der Waals surface area contributed by atoms with Crippen LogP contribution in [0.2, 0.25) is 0 Å². The van der Waals surface area contributed by atoms with Crippen LogP contribution in [0.15, 0.2) is 72.8 Å². The van der Waals surface area contributed by atoms with Crippen LogP contribution < -0.4 is 5.32 Å². The molecule has 4 nitrogen and oxygen atoms in total. The second-order valence-corrected chi connectivity index (χ2v) is 9.96. The van der Waals surface area contributed by atoms with Crippen molar-refractivity contribution in [3.63, 3.8) is 0 Å². The van der Waals surface area contributed by atoms with Crippen molar-refractivity contribution >= 4 is 24.0 Å². The number of ether oxygens (including phenoxy) is 1. The van der Waals surface area contributed by atoms with Crippen LogP contribution in [0.4, 0.5) is 9.57 Å². The fourth-order valence-corrected chi connectivity index (χ4v) is 5.42. The Morgan fingerprint density at radius 3 is 2.49 bits per heavy atom. The van der Waals surface area contributed by atoms with Crippen LogP contribution in [0.5, 0.6) is 0 Å². The molecular formula is C29H34FN3OS. The van der Waals surface area contributed by atoms with Gasteiger partial charge in [-0.25, -0.2) is 0 Å². The standard InChI is InChI=1S/C29H34FN3OS/c1-23-16-28(32-22-34-14-15-35-30)26(19-31)17-27(23)29(18-24-8-4-2-5-9-24)12-13-33(21-29)20-25-10-6-3-7-11-25/h2-11,16-17,19,31-32H,12-15,18,20-22H2,1H3. The van der Waals surface area contributed by atoms with Crippen molar-refractivity contribution in [1.82, 2.24) is 4.90 Å². The number of nitrogens with one attached hydrogen (secondary N) is 2. The molecule has 3 aromatic rings. The van der Waals surface area contributed by atoms with E-state index in [0.29, 0.717) is 19.1 Å². The quantitative estimate of drug-likeness (QED) is 0.175. The fraction of sp³-hybridized carbons (Fsp3) is 0.345. The molecule has 0 spiro atoms. The normalized spacial score (nSPS) is 18.0. The van der Waals surface area contributed by atoms with E-state index in [0.717, 1.165) is 43.7 Å². The van der Waals surface area contributed by atoms with Crippen molar-refractivity contribution in [3.05, 3.63) is 101 Å². The highest BCUT2D eigenvalue weighted by Gasteiger charge is 2.40. The molecular weight excluding hydrogens is 457 g/mol. The van der Waals surface area contributed by atoms with Gasteiger partial charge in [-0.15, -0.1) is 0 Å². The first-order valence-corrected chi connectivity index (χ1v) is 13.0. The number of nitrogens with zero attached hydrogens (tertiary/aromatic N) is 1. The van der Waals surface area contributed by atoms with Crippen molar-refractivity contribution in [1.29, 1.82) is 5.41 Å². The van der Waals surface area contributed by atoms with Gasteiger partial charge in [-0.1, -0.05) is 60.7 Å². The zero-order valence-corrected chi connectivity index (χ0v) is 21.1. The number of aryl methyl sites for hydroxylation is 1. The molecule has 184 valence electrons. The molecule has 0 aromatic heterocycles. The summed E-state index contributed by atoms with van der Waals surface area (Å²) < 4.78 is 17.7. The van der Waals surface area contributed by atoms with Gasteiger partial charge in [0.2, 0.25) is 0 Å². The van der Waals surface area contributed by atoms with Crippen LogP contribution >= 0.6 is 12.1 Å². The predicted molar refractivity (Wildman–Crippen MR) is 145 cm³/mol. The van der Waals surface area contributed by atoms with Gasteiger partial charge in [-0.3, -0.25) is 4.90 Å². The number of likely N-dealkylation sites (tertiary alicyclic amines) is 1. The SMILES string of the molecule is Cc1cc(NCOCCSF)c(C=N)cc1C1(Cc2ccccc2)CCN(Cc2ccccc2)C1. The molecule has 1 heterocycles. The Morgan fingerprint density at radius 2 is 1.80 bits per heavy atom. The van der Waals surface area contributed by atoms with Crippen molar-refractivity contribution < 1.29 is 8.62 Å². The summed E-state index contributed by atoms with van der Waals surface area (Å²) in [5.74, 6) is 0.318. The van der Waals surface area contributed by atoms with Gasteiger partial charge < -0.3 is 15.5 Å². The van der Waals surface area contributed by atoms with Crippen LogP contribution in [0.3, 0.4) is 0 Å². The van der Waals surface area contributed by atoms with E-state index in [9.17, 15) is 3.89 Å². The summed E-state index contributed by atoms with van der Waals surface area (Å²) in [6.07, 6.45) is 3.45. The van der Waals surface area contributed by atoms with E-state index in [-0.39, 0.29) is 17.6 Å². The van der Waals surface area contributed by atoms with Crippen LogP contribution in [0, 0.1) is 12.3 Å². The van der Waals surface area contributed by atoms with Crippen LogP contribution in [-0.4, -0.2) is 43.3 Å². The summed E-state index contributed by atoms with van der Waals surface area (Å²) in [4.78, 5) is 2.56. The number of benzene rings is 3.